The van der Waals surface area contributed by atoms with Crippen LogP contribution < -0.4 is 5.73 Å². The highest BCUT2D eigenvalue weighted by molar-refractivity contribution is 5.75. The molecule has 0 fully saturated rings. The van der Waals surface area contributed by atoms with Gasteiger partial charge < -0.3 is 15.4 Å². The summed E-state index contributed by atoms with van der Waals surface area (Å²) in [6.45, 7) is 3.96. The third-order valence-electron chi connectivity index (χ3n) is 2.31. The zero-order valence-corrected chi connectivity index (χ0v) is 9.45. The second-order valence-corrected chi connectivity index (χ2v) is 3.69. The van der Waals surface area contributed by atoms with E-state index in [0.717, 1.165) is 6.42 Å². The number of ether oxygens (including phenoxy) is 1. The minimum absolute atomic E-state index is 0.169. The Morgan fingerprint density at radius 3 is 2.71 bits per heavy atom. The molecule has 0 aromatic rings. The standard InChI is InChI=1S/C10H22N2O2/c1-9(8-11)4-5-10(13)12(2)6-7-14-3/h9H,4-8,11H2,1-3H3. The Kier molecular flexibility index (Phi) is 7.42. The summed E-state index contributed by atoms with van der Waals surface area (Å²) >= 11 is 0. The van der Waals surface area contributed by atoms with Crippen molar-refractivity contribution in [2.75, 3.05) is 33.9 Å². The second-order valence-electron chi connectivity index (χ2n) is 3.69. The first-order chi connectivity index (χ1) is 6.61. The normalized spacial score (nSPS) is 12.6. The molecule has 0 aliphatic heterocycles. The van der Waals surface area contributed by atoms with Gasteiger partial charge in [0.1, 0.15) is 0 Å². The van der Waals surface area contributed by atoms with Crippen LogP contribution in [0.15, 0.2) is 0 Å². The number of nitrogens with zero attached hydrogens (tertiary/aromatic N) is 1. The van der Waals surface area contributed by atoms with Gasteiger partial charge in [-0.1, -0.05) is 6.92 Å². The average molecular weight is 202 g/mol. The number of hydrogen-bond donors (Lipinski definition) is 1. The molecule has 0 aliphatic rings. The number of carbonyl (C=O) groups is 1. The number of carbonyl (C=O) groups excluding carboxylic acids is 1. The predicted octanol–water partition coefficient (Wildman–Crippen LogP) is 0.466. The van der Waals surface area contributed by atoms with E-state index in [4.69, 9.17) is 10.5 Å². The van der Waals surface area contributed by atoms with Crippen molar-refractivity contribution in [2.45, 2.75) is 19.8 Å². The fourth-order valence-corrected chi connectivity index (χ4v) is 1.03. The lowest BCUT2D eigenvalue weighted by atomic mass is 10.1. The highest BCUT2D eigenvalue weighted by Gasteiger charge is 2.09. The molecule has 84 valence electrons. The molecule has 1 atom stereocenters. The lowest BCUT2D eigenvalue weighted by Crippen LogP contribution is -2.30. The molecule has 0 radical (unpaired) electrons. The van der Waals surface area contributed by atoms with Crippen molar-refractivity contribution in [2.24, 2.45) is 11.7 Å². The Hall–Kier alpha value is -0.610. The summed E-state index contributed by atoms with van der Waals surface area (Å²) in [4.78, 5) is 13.2. The van der Waals surface area contributed by atoms with E-state index in [2.05, 4.69) is 6.92 Å². The maximum Gasteiger partial charge on any atom is 0.222 e. The molecule has 1 unspecified atom stereocenters. The van der Waals surface area contributed by atoms with Gasteiger partial charge in [-0.3, -0.25) is 4.79 Å². The van der Waals surface area contributed by atoms with Crippen LogP contribution in [0.3, 0.4) is 0 Å². The molecule has 0 heterocycles. The molecule has 0 rings (SSSR count). The Morgan fingerprint density at radius 2 is 2.21 bits per heavy atom. The zero-order valence-electron chi connectivity index (χ0n) is 9.45. The van der Waals surface area contributed by atoms with Gasteiger partial charge in [0.25, 0.3) is 0 Å². The second kappa shape index (κ2) is 7.76. The van der Waals surface area contributed by atoms with Gasteiger partial charge in [-0.15, -0.1) is 0 Å². The van der Waals surface area contributed by atoms with Crippen molar-refractivity contribution in [1.82, 2.24) is 4.90 Å². The molecule has 1 amide bonds. The average Bonchev–Trinajstić information content (AvgIpc) is 2.21. The third kappa shape index (κ3) is 5.94. The van der Waals surface area contributed by atoms with Gasteiger partial charge in [0.05, 0.1) is 6.61 Å². The first kappa shape index (κ1) is 13.4. The summed E-state index contributed by atoms with van der Waals surface area (Å²) in [5.41, 5.74) is 5.47. The topological polar surface area (TPSA) is 55.6 Å². The lowest BCUT2D eigenvalue weighted by molar-refractivity contribution is -0.130. The molecule has 0 spiro atoms. The number of likely N-dealkylation sites (N-methyl/N-ethyl adjacent to an activating group) is 1. The molecule has 4 nitrogen and oxygen atoms in total. The van der Waals surface area contributed by atoms with Crippen LogP contribution in [0.2, 0.25) is 0 Å². The molecule has 2 N–H and O–H groups in total. The van der Waals surface area contributed by atoms with Crippen molar-refractivity contribution in [3.63, 3.8) is 0 Å². The Bertz CT molecular complexity index is 162. The molecule has 0 saturated carbocycles. The first-order valence-corrected chi connectivity index (χ1v) is 5.04. The van der Waals surface area contributed by atoms with Crippen molar-refractivity contribution >= 4 is 5.91 Å². The summed E-state index contributed by atoms with van der Waals surface area (Å²) in [6.07, 6.45) is 1.45. The smallest absolute Gasteiger partial charge is 0.222 e. The maximum absolute atomic E-state index is 11.5. The molecular weight excluding hydrogens is 180 g/mol. The van der Waals surface area contributed by atoms with Crippen LogP contribution in [0.1, 0.15) is 19.8 Å². The molecule has 0 aromatic heterocycles. The van der Waals surface area contributed by atoms with E-state index in [0.29, 0.717) is 32.0 Å². The highest BCUT2D eigenvalue weighted by atomic mass is 16.5. The number of amides is 1. The van der Waals surface area contributed by atoms with E-state index in [1.54, 1.807) is 19.1 Å². The molecular formula is C10H22N2O2. The summed E-state index contributed by atoms with van der Waals surface area (Å²) < 4.78 is 4.90. The highest BCUT2D eigenvalue weighted by Crippen LogP contribution is 2.04. The Balaban J connectivity index is 3.61. The maximum atomic E-state index is 11.5. The lowest BCUT2D eigenvalue weighted by Gasteiger charge is -2.17. The van der Waals surface area contributed by atoms with Crippen LogP contribution in [0.5, 0.6) is 0 Å². The minimum Gasteiger partial charge on any atom is -0.383 e. The summed E-state index contributed by atoms with van der Waals surface area (Å²) in [6, 6.07) is 0. The number of rotatable bonds is 7. The van der Waals surface area contributed by atoms with E-state index in [1.807, 2.05) is 0 Å². The number of nitrogens with two attached hydrogens (primary N) is 1. The Labute approximate surface area is 86.4 Å². The molecule has 0 aliphatic carbocycles. The predicted molar refractivity (Wildman–Crippen MR) is 57.0 cm³/mol. The molecule has 14 heavy (non-hydrogen) atoms. The van der Waals surface area contributed by atoms with Crippen molar-refractivity contribution in [1.29, 1.82) is 0 Å². The fraction of sp³-hybridized carbons (Fsp3) is 0.900. The van der Waals surface area contributed by atoms with Gasteiger partial charge in [0.15, 0.2) is 0 Å². The first-order valence-electron chi connectivity index (χ1n) is 5.04. The van der Waals surface area contributed by atoms with Crippen molar-refractivity contribution in [3.05, 3.63) is 0 Å². The number of hydrogen-bond acceptors (Lipinski definition) is 3. The van der Waals surface area contributed by atoms with Gasteiger partial charge in [0.2, 0.25) is 5.91 Å². The van der Waals surface area contributed by atoms with Gasteiger partial charge in [0, 0.05) is 27.1 Å². The minimum atomic E-state index is 0.169. The molecule has 0 saturated heterocycles. The van der Waals surface area contributed by atoms with Crippen LogP contribution in [0.4, 0.5) is 0 Å². The largest absolute Gasteiger partial charge is 0.383 e. The Morgan fingerprint density at radius 1 is 1.57 bits per heavy atom. The molecule has 0 aromatic carbocycles. The van der Waals surface area contributed by atoms with E-state index in [1.165, 1.54) is 0 Å². The van der Waals surface area contributed by atoms with Crippen molar-refractivity contribution < 1.29 is 9.53 Å². The molecule has 4 heteroatoms. The van der Waals surface area contributed by atoms with E-state index in [9.17, 15) is 4.79 Å². The number of methoxy groups -OCH3 is 1. The van der Waals surface area contributed by atoms with Gasteiger partial charge in [-0.2, -0.15) is 0 Å². The van der Waals surface area contributed by atoms with Crippen LogP contribution >= 0.6 is 0 Å². The summed E-state index contributed by atoms with van der Waals surface area (Å²) in [5, 5.41) is 0. The van der Waals surface area contributed by atoms with E-state index < -0.39 is 0 Å². The van der Waals surface area contributed by atoms with Crippen LogP contribution in [-0.4, -0.2) is 44.7 Å². The molecule has 0 bridgehead atoms. The van der Waals surface area contributed by atoms with Crippen LogP contribution in [0.25, 0.3) is 0 Å². The summed E-state index contributed by atoms with van der Waals surface area (Å²) in [7, 11) is 3.43. The third-order valence-corrected chi connectivity index (χ3v) is 2.31. The SMILES string of the molecule is COCCN(C)C(=O)CCC(C)CN. The van der Waals surface area contributed by atoms with Gasteiger partial charge in [-0.05, 0) is 18.9 Å². The quantitative estimate of drug-likeness (QED) is 0.653. The van der Waals surface area contributed by atoms with E-state index in [-0.39, 0.29) is 5.91 Å². The van der Waals surface area contributed by atoms with Gasteiger partial charge >= 0.3 is 0 Å². The fourth-order valence-electron chi connectivity index (χ4n) is 1.03. The zero-order chi connectivity index (χ0) is 11.0. The summed E-state index contributed by atoms with van der Waals surface area (Å²) in [5.74, 6) is 0.595. The van der Waals surface area contributed by atoms with Crippen LogP contribution in [0, 0.1) is 5.92 Å². The monoisotopic (exact) mass is 202 g/mol. The van der Waals surface area contributed by atoms with Crippen molar-refractivity contribution in [3.8, 4) is 0 Å². The van der Waals surface area contributed by atoms with Gasteiger partial charge in [-0.25, -0.2) is 0 Å². The van der Waals surface area contributed by atoms with E-state index >= 15 is 0 Å². The van der Waals surface area contributed by atoms with Crippen LogP contribution in [-0.2, 0) is 9.53 Å².